The lowest BCUT2D eigenvalue weighted by Crippen LogP contribution is -2.51. The number of nitrogens with zero attached hydrogens (tertiary/aromatic N) is 3. The van der Waals surface area contributed by atoms with Gasteiger partial charge in [-0.25, -0.2) is 18.2 Å². The zero-order valence-corrected chi connectivity index (χ0v) is 24.9. The Labute approximate surface area is 239 Å². The molecule has 0 aliphatic carbocycles. The third-order valence-corrected chi connectivity index (χ3v) is 9.99. The molecule has 2 aliphatic heterocycles. The molecule has 2 aromatic carbocycles. The van der Waals surface area contributed by atoms with Gasteiger partial charge in [-0.2, -0.15) is 0 Å². The molecule has 212 valence electrons. The number of likely N-dealkylation sites (tertiary alicyclic amines) is 1. The maximum atomic E-state index is 13.9. The van der Waals surface area contributed by atoms with E-state index < -0.39 is 21.7 Å². The molecule has 1 saturated heterocycles. The Morgan fingerprint density at radius 1 is 1.12 bits per heavy atom. The van der Waals surface area contributed by atoms with Crippen LogP contribution in [0.15, 0.2) is 53.4 Å². The first-order valence-corrected chi connectivity index (χ1v) is 15.6. The first-order chi connectivity index (χ1) is 18.8. The van der Waals surface area contributed by atoms with Gasteiger partial charge in [-0.3, -0.25) is 9.10 Å². The smallest absolute Gasteiger partial charge is 0.410 e. The summed E-state index contributed by atoms with van der Waals surface area (Å²) in [4.78, 5) is 32.4. The van der Waals surface area contributed by atoms with Gasteiger partial charge < -0.3 is 15.0 Å². The largest absolute Gasteiger partial charge is 0.444 e. The quantitative estimate of drug-likeness (QED) is 0.406. The summed E-state index contributed by atoms with van der Waals surface area (Å²) in [6.07, 6.45) is 1.13. The lowest BCUT2D eigenvalue weighted by molar-refractivity contribution is -0.114. The van der Waals surface area contributed by atoms with Crippen LogP contribution in [0.25, 0.3) is 10.4 Å². The van der Waals surface area contributed by atoms with Gasteiger partial charge in [0.05, 0.1) is 27.2 Å². The van der Waals surface area contributed by atoms with Crippen LogP contribution in [0.3, 0.4) is 0 Å². The lowest BCUT2D eigenvalue weighted by atomic mass is 9.81. The van der Waals surface area contributed by atoms with E-state index in [0.717, 1.165) is 34.5 Å². The molecule has 2 aliphatic rings. The number of carbonyl (C=O) groups is 2. The van der Waals surface area contributed by atoms with Crippen LogP contribution in [-0.2, 0) is 19.6 Å². The number of amides is 2. The summed E-state index contributed by atoms with van der Waals surface area (Å²) in [5, 5.41) is 3.24. The first-order valence-electron chi connectivity index (χ1n) is 13.3. The number of anilines is 2. The van der Waals surface area contributed by atoms with Crippen LogP contribution in [0, 0.1) is 12.8 Å². The summed E-state index contributed by atoms with van der Waals surface area (Å²) in [6.45, 7) is 9.62. The highest BCUT2D eigenvalue weighted by Crippen LogP contribution is 2.48. The summed E-state index contributed by atoms with van der Waals surface area (Å²) in [5.74, 6) is -0.314. The van der Waals surface area contributed by atoms with Gasteiger partial charge in [0.25, 0.3) is 10.0 Å². The standard InChI is InChI=1S/C29H34N4O5S2/c1-18-26(39-27(30-18)31-19(2)34)20-13-14-24-23(16-20)25-21(10-9-15-32(25)28(35)38-29(3,4)5)17-33(24)40(36,37)22-11-7-6-8-12-22/h6-8,11-14,16,21,25H,9-10,15,17H2,1-5H3,(H,30,31,34). The summed E-state index contributed by atoms with van der Waals surface area (Å²) in [7, 11) is -3.85. The number of hydrogen-bond acceptors (Lipinski definition) is 7. The Kier molecular flexibility index (Phi) is 7.39. The molecule has 2 amide bonds. The number of sulfonamides is 1. The van der Waals surface area contributed by atoms with Crippen molar-refractivity contribution >= 4 is 44.2 Å². The highest BCUT2D eigenvalue weighted by Gasteiger charge is 2.45. The zero-order valence-electron chi connectivity index (χ0n) is 23.3. The first kappa shape index (κ1) is 28.1. The maximum absolute atomic E-state index is 13.9. The third-order valence-electron chi connectivity index (χ3n) is 7.07. The van der Waals surface area contributed by atoms with E-state index in [1.54, 1.807) is 35.2 Å². The Hall–Kier alpha value is -3.44. The van der Waals surface area contributed by atoms with E-state index in [4.69, 9.17) is 4.74 Å². The normalized spacial score (nSPS) is 19.0. The van der Waals surface area contributed by atoms with Gasteiger partial charge in [-0.15, -0.1) is 0 Å². The SMILES string of the molecule is CC(=O)Nc1nc(C)c(-c2ccc3c(c2)C2C(CCCN2C(=O)OC(C)(C)C)CN3S(=O)(=O)c2ccccc2)s1. The molecule has 0 bridgehead atoms. The third kappa shape index (κ3) is 5.44. The number of thiazole rings is 1. The number of nitrogens with one attached hydrogen (secondary N) is 1. The van der Waals surface area contributed by atoms with E-state index in [1.807, 2.05) is 45.9 Å². The molecule has 1 N–H and O–H groups in total. The molecule has 40 heavy (non-hydrogen) atoms. The van der Waals surface area contributed by atoms with E-state index in [-0.39, 0.29) is 29.3 Å². The van der Waals surface area contributed by atoms with Crippen LogP contribution in [0.2, 0.25) is 0 Å². The summed E-state index contributed by atoms with van der Waals surface area (Å²) >= 11 is 1.36. The minimum absolute atomic E-state index is 0.111. The average Bonchev–Trinajstić information content (AvgIpc) is 3.25. The molecule has 3 aromatic rings. The van der Waals surface area contributed by atoms with Crippen molar-refractivity contribution in [3.8, 4) is 10.4 Å². The van der Waals surface area contributed by atoms with Crippen molar-refractivity contribution in [1.29, 1.82) is 0 Å². The summed E-state index contributed by atoms with van der Waals surface area (Å²) < 4.78 is 35.1. The Balaban J connectivity index is 1.65. The summed E-state index contributed by atoms with van der Waals surface area (Å²) in [5.41, 5.74) is 2.24. The van der Waals surface area contributed by atoms with Gasteiger partial charge in [-0.05, 0) is 70.4 Å². The van der Waals surface area contributed by atoms with Crippen molar-refractivity contribution in [1.82, 2.24) is 9.88 Å². The second-order valence-electron chi connectivity index (χ2n) is 11.3. The molecule has 1 fully saturated rings. The molecular weight excluding hydrogens is 548 g/mol. The highest BCUT2D eigenvalue weighted by atomic mass is 32.2. The average molecular weight is 583 g/mol. The van der Waals surface area contributed by atoms with Crippen LogP contribution < -0.4 is 9.62 Å². The molecule has 2 atom stereocenters. The molecule has 0 radical (unpaired) electrons. The Morgan fingerprint density at radius 3 is 2.52 bits per heavy atom. The van der Waals surface area contributed by atoms with E-state index in [2.05, 4.69) is 10.3 Å². The molecule has 5 rings (SSSR count). The van der Waals surface area contributed by atoms with E-state index in [1.165, 1.54) is 22.6 Å². The van der Waals surface area contributed by atoms with Gasteiger partial charge in [0.1, 0.15) is 5.60 Å². The number of benzene rings is 2. The number of fused-ring (bicyclic) bond motifs is 3. The number of carbonyl (C=O) groups excluding carboxylic acids is 2. The monoisotopic (exact) mass is 582 g/mol. The van der Waals surface area contributed by atoms with Crippen molar-refractivity contribution in [2.24, 2.45) is 5.92 Å². The van der Waals surface area contributed by atoms with Crippen LogP contribution >= 0.6 is 11.3 Å². The fourth-order valence-electron chi connectivity index (χ4n) is 5.50. The molecule has 0 spiro atoms. The second kappa shape index (κ2) is 10.5. The Morgan fingerprint density at radius 2 is 1.85 bits per heavy atom. The van der Waals surface area contributed by atoms with Gasteiger partial charge in [0.15, 0.2) is 5.13 Å². The summed E-state index contributed by atoms with van der Waals surface area (Å²) in [6, 6.07) is 13.8. The fraction of sp³-hybridized carbons (Fsp3) is 0.414. The maximum Gasteiger partial charge on any atom is 0.410 e. The van der Waals surface area contributed by atoms with E-state index >= 15 is 0 Å². The van der Waals surface area contributed by atoms with Crippen molar-refractivity contribution in [3.05, 3.63) is 59.8 Å². The molecule has 2 unspecified atom stereocenters. The van der Waals surface area contributed by atoms with Crippen LogP contribution in [-0.4, -0.2) is 49.0 Å². The van der Waals surface area contributed by atoms with Crippen LogP contribution in [0.1, 0.15) is 57.8 Å². The van der Waals surface area contributed by atoms with Crippen LogP contribution in [0.5, 0.6) is 0 Å². The van der Waals surface area contributed by atoms with Gasteiger partial charge >= 0.3 is 6.09 Å². The molecular formula is C29H34N4O5S2. The number of ether oxygens (including phenoxy) is 1. The van der Waals surface area contributed by atoms with Crippen molar-refractivity contribution in [2.75, 3.05) is 22.7 Å². The lowest BCUT2D eigenvalue weighted by Gasteiger charge is -2.48. The van der Waals surface area contributed by atoms with Crippen molar-refractivity contribution in [2.45, 2.75) is 64.0 Å². The minimum Gasteiger partial charge on any atom is -0.444 e. The van der Waals surface area contributed by atoms with Gasteiger partial charge in [-0.1, -0.05) is 35.6 Å². The minimum atomic E-state index is -3.85. The van der Waals surface area contributed by atoms with Crippen LogP contribution in [0.4, 0.5) is 15.6 Å². The Bertz CT molecular complexity index is 1550. The number of piperidine rings is 1. The topological polar surface area (TPSA) is 109 Å². The van der Waals surface area contributed by atoms with Gasteiger partial charge in [0.2, 0.25) is 5.91 Å². The van der Waals surface area contributed by atoms with E-state index in [9.17, 15) is 18.0 Å². The second-order valence-corrected chi connectivity index (χ2v) is 14.1. The van der Waals surface area contributed by atoms with E-state index in [0.29, 0.717) is 17.4 Å². The highest BCUT2D eigenvalue weighted by molar-refractivity contribution is 7.92. The molecule has 11 heteroatoms. The molecule has 1 aromatic heterocycles. The van der Waals surface area contributed by atoms with Gasteiger partial charge in [0, 0.05) is 31.5 Å². The fourth-order valence-corrected chi connectivity index (χ4v) is 8.08. The predicted octanol–water partition coefficient (Wildman–Crippen LogP) is 5.97. The molecule has 3 heterocycles. The predicted molar refractivity (Wildman–Crippen MR) is 156 cm³/mol. The zero-order chi connectivity index (χ0) is 28.8. The number of aryl methyl sites for hydroxylation is 1. The van der Waals surface area contributed by atoms with Crippen molar-refractivity contribution in [3.63, 3.8) is 0 Å². The van der Waals surface area contributed by atoms with Crippen molar-refractivity contribution < 1.29 is 22.7 Å². The molecule has 0 saturated carbocycles. The molecule has 9 nitrogen and oxygen atoms in total. The number of hydrogen-bond donors (Lipinski definition) is 1. The number of aromatic nitrogens is 1. The number of rotatable bonds is 4.